The maximum absolute atomic E-state index is 12.7. The topological polar surface area (TPSA) is 73.1 Å². The number of likely N-dealkylation sites (tertiary alicyclic amines) is 1. The van der Waals surface area contributed by atoms with Crippen LogP contribution in [0.3, 0.4) is 0 Å². The number of rotatable bonds is 5. The maximum atomic E-state index is 12.7. The molecule has 0 saturated carbocycles. The molecule has 1 aliphatic rings. The highest BCUT2D eigenvalue weighted by atomic mass is 16.5. The van der Waals surface area contributed by atoms with Gasteiger partial charge in [-0.25, -0.2) is 9.97 Å². The molecule has 1 amide bonds. The number of amides is 1. The lowest BCUT2D eigenvalue weighted by molar-refractivity contribution is -0.134. The molecule has 0 spiro atoms. The van der Waals surface area contributed by atoms with Crippen molar-refractivity contribution >= 4 is 5.91 Å². The second-order valence-corrected chi connectivity index (χ2v) is 6.49. The number of para-hydroxylation sites is 1. The molecule has 1 aromatic carbocycles. The first-order valence-corrected chi connectivity index (χ1v) is 9.02. The van der Waals surface area contributed by atoms with Crippen molar-refractivity contribution in [3.8, 4) is 11.6 Å². The standard InChI is InChI=1S/C20H21N5O2/c1-15-22-9-11-24(15)19-13-21-12-17(23-19)18-8-5-10-25(18)20(26)14-27-16-6-3-2-4-7-16/h2-4,6-7,9,11-13,18H,5,8,10,14H2,1H3. The lowest BCUT2D eigenvalue weighted by Crippen LogP contribution is -2.35. The summed E-state index contributed by atoms with van der Waals surface area (Å²) in [6.45, 7) is 2.65. The number of carbonyl (C=O) groups excluding carboxylic acids is 1. The highest BCUT2D eigenvalue weighted by Gasteiger charge is 2.31. The van der Waals surface area contributed by atoms with Gasteiger partial charge in [-0.3, -0.25) is 14.3 Å². The average molecular weight is 363 g/mol. The van der Waals surface area contributed by atoms with E-state index in [1.54, 1.807) is 18.6 Å². The lowest BCUT2D eigenvalue weighted by Gasteiger charge is -2.24. The summed E-state index contributed by atoms with van der Waals surface area (Å²) in [5.74, 6) is 2.21. The van der Waals surface area contributed by atoms with Crippen molar-refractivity contribution in [2.24, 2.45) is 0 Å². The van der Waals surface area contributed by atoms with Gasteiger partial charge < -0.3 is 9.64 Å². The van der Waals surface area contributed by atoms with Crippen LogP contribution in [0.25, 0.3) is 5.82 Å². The predicted octanol–water partition coefficient (Wildman–Crippen LogP) is 2.71. The number of benzene rings is 1. The van der Waals surface area contributed by atoms with E-state index in [-0.39, 0.29) is 18.6 Å². The Labute approximate surface area is 157 Å². The van der Waals surface area contributed by atoms with Gasteiger partial charge in [0, 0.05) is 18.9 Å². The minimum Gasteiger partial charge on any atom is -0.484 e. The minimum absolute atomic E-state index is 0.0221. The first-order chi connectivity index (χ1) is 13.2. The lowest BCUT2D eigenvalue weighted by atomic mass is 10.1. The van der Waals surface area contributed by atoms with Gasteiger partial charge in [-0.1, -0.05) is 18.2 Å². The van der Waals surface area contributed by atoms with E-state index < -0.39 is 0 Å². The Morgan fingerprint density at radius 1 is 1.26 bits per heavy atom. The number of carbonyl (C=O) groups is 1. The summed E-state index contributed by atoms with van der Waals surface area (Å²) < 4.78 is 7.51. The number of hydrogen-bond acceptors (Lipinski definition) is 5. The Morgan fingerprint density at radius 2 is 2.11 bits per heavy atom. The van der Waals surface area contributed by atoms with Gasteiger partial charge in [0.2, 0.25) is 0 Å². The predicted molar refractivity (Wildman–Crippen MR) is 99.5 cm³/mol. The molecule has 3 aromatic rings. The third-order valence-corrected chi connectivity index (χ3v) is 4.73. The van der Waals surface area contributed by atoms with E-state index in [9.17, 15) is 4.79 Å². The molecule has 7 nitrogen and oxygen atoms in total. The molecule has 138 valence electrons. The quantitative estimate of drug-likeness (QED) is 0.697. The Kier molecular flexibility index (Phi) is 4.82. The Balaban J connectivity index is 1.50. The van der Waals surface area contributed by atoms with E-state index in [0.29, 0.717) is 18.1 Å². The highest BCUT2D eigenvalue weighted by Crippen LogP contribution is 2.31. The molecule has 0 N–H and O–H groups in total. The van der Waals surface area contributed by atoms with Crippen molar-refractivity contribution in [3.63, 3.8) is 0 Å². The fraction of sp³-hybridized carbons (Fsp3) is 0.300. The van der Waals surface area contributed by atoms with Gasteiger partial charge in [0.05, 0.1) is 24.1 Å². The Bertz CT molecular complexity index is 925. The van der Waals surface area contributed by atoms with E-state index in [1.165, 1.54) is 0 Å². The summed E-state index contributed by atoms with van der Waals surface area (Å²) in [5, 5.41) is 0. The van der Waals surface area contributed by atoms with Gasteiger partial charge in [0.15, 0.2) is 12.4 Å². The van der Waals surface area contributed by atoms with Crippen LogP contribution in [0.5, 0.6) is 5.75 Å². The summed E-state index contributed by atoms with van der Waals surface area (Å²) in [5.41, 5.74) is 0.797. The molecule has 27 heavy (non-hydrogen) atoms. The molecule has 3 heterocycles. The highest BCUT2D eigenvalue weighted by molar-refractivity contribution is 5.78. The molecule has 1 saturated heterocycles. The first-order valence-electron chi connectivity index (χ1n) is 9.02. The second kappa shape index (κ2) is 7.57. The van der Waals surface area contributed by atoms with Gasteiger partial charge in [0.1, 0.15) is 11.6 Å². The van der Waals surface area contributed by atoms with Gasteiger partial charge in [-0.2, -0.15) is 0 Å². The summed E-state index contributed by atoms with van der Waals surface area (Å²) in [6.07, 6.45) is 8.85. The van der Waals surface area contributed by atoms with Crippen LogP contribution in [-0.2, 0) is 4.79 Å². The van der Waals surface area contributed by atoms with Gasteiger partial charge in [-0.05, 0) is 31.9 Å². The molecule has 2 aromatic heterocycles. The Morgan fingerprint density at radius 3 is 2.89 bits per heavy atom. The summed E-state index contributed by atoms with van der Waals surface area (Å²) in [6, 6.07) is 9.30. The van der Waals surface area contributed by atoms with E-state index in [2.05, 4.69) is 9.97 Å². The molecule has 7 heteroatoms. The molecule has 4 rings (SSSR count). The van der Waals surface area contributed by atoms with Crippen LogP contribution >= 0.6 is 0 Å². The second-order valence-electron chi connectivity index (χ2n) is 6.49. The van der Waals surface area contributed by atoms with Crippen molar-refractivity contribution in [2.75, 3.05) is 13.2 Å². The zero-order valence-corrected chi connectivity index (χ0v) is 15.2. The van der Waals surface area contributed by atoms with Crippen molar-refractivity contribution in [1.82, 2.24) is 24.4 Å². The SMILES string of the molecule is Cc1nccn1-c1cncc(C2CCCN2C(=O)COc2ccccc2)n1. The molecular weight excluding hydrogens is 342 g/mol. The number of imidazole rings is 1. The summed E-state index contributed by atoms with van der Waals surface area (Å²) in [4.78, 5) is 27.9. The molecule has 1 aliphatic heterocycles. The van der Waals surface area contributed by atoms with Gasteiger partial charge in [0.25, 0.3) is 5.91 Å². The minimum atomic E-state index is -0.0758. The van der Waals surface area contributed by atoms with Crippen molar-refractivity contribution < 1.29 is 9.53 Å². The van der Waals surface area contributed by atoms with Crippen LogP contribution < -0.4 is 4.74 Å². The van der Waals surface area contributed by atoms with E-state index in [4.69, 9.17) is 9.72 Å². The van der Waals surface area contributed by atoms with Crippen LogP contribution in [0.2, 0.25) is 0 Å². The molecule has 0 bridgehead atoms. The number of aromatic nitrogens is 4. The normalized spacial score (nSPS) is 16.5. The number of hydrogen-bond donors (Lipinski definition) is 0. The van der Waals surface area contributed by atoms with Crippen molar-refractivity contribution in [3.05, 3.63) is 66.6 Å². The van der Waals surface area contributed by atoms with Crippen LogP contribution in [-0.4, -0.2) is 43.5 Å². The largest absolute Gasteiger partial charge is 0.484 e. The fourth-order valence-corrected chi connectivity index (χ4v) is 3.38. The fourth-order valence-electron chi connectivity index (χ4n) is 3.38. The molecule has 1 atom stereocenters. The summed E-state index contributed by atoms with van der Waals surface area (Å²) >= 11 is 0. The molecular formula is C20H21N5O2. The third-order valence-electron chi connectivity index (χ3n) is 4.73. The zero-order valence-electron chi connectivity index (χ0n) is 15.2. The van der Waals surface area contributed by atoms with Gasteiger partial charge >= 0.3 is 0 Å². The number of ether oxygens (including phenoxy) is 1. The third kappa shape index (κ3) is 3.67. The molecule has 1 fully saturated rings. The smallest absolute Gasteiger partial charge is 0.261 e. The van der Waals surface area contributed by atoms with Crippen LogP contribution in [0, 0.1) is 6.92 Å². The van der Waals surface area contributed by atoms with Gasteiger partial charge in [-0.15, -0.1) is 0 Å². The number of nitrogens with zero attached hydrogens (tertiary/aromatic N) is 5. The first kappa shape index (κ1) is 17.2. The van der Waals surface area contributed by atoms with Crippen molar-refractivity contribution in [1.29, 1.82) is 0 Å². The van der Waals surface area contributed by atoms with Crippen molar-refractivity contribution in [2.45, 2.75) is 25.8 Å². The van der Waals surface area contributed by atoms with E-state index in [1.807, 2.05) is 52.9 Å². The maximum Gasteiger partial charge on any atom is 0.261 e. The molecule has 1 unspecified atom stereocenters. The van der Waals surface area contributed by atoms with E-state index in [0.717, 1.165) is 24.4 Å². The van der Waals surface area contributed by atoms with E-state index >= 15 is 0 Å². The molecule has 0 radical (unpaired) electrons. The summed E-state index contributed by atoms with van der Waals surface area (Å²) in [7, 11) is 0. The average Bonchev–Trinajstić information content (AvgIpc) is 3.36. The van der Waals surface area contributed by atoms with Crippen LogP contribution in [0.15, 0.2) is 55.1 Å². The van der Waals surface area contributed by atoms with Crippen LogP contribution in [0.4, 0.5) is 0 Å². The molecule has 0 aliphatic carbocycles. The van der Waals surface area contributed by atoms with Crippen LogP contribution in [0.1, 0.15) is 30.4 Å². The zero-order chi connectivity index (χ0) is 18.6. The monoisotopic (exact) mass is 363 g/mol. The number of aryl methyl sites for hydroxylation is 1. The Hall–Kier alpha value is -3.22.